The van der Waals surface area contributed by atoms with Crippen LogP contribution in [0.3, 0.4) is 0 Å². The number of ether oxygens (including phenoxy) is 2. The molecule has 0 aliphatic carbocycles. The van der Waals surface area contributed by atoms with Crippen molar-refractivity contribution in [1.29, 1.82) is 0 Å². The van der Waals surface area contributed by atoms with E-state index >= 15 is 0 Å². The van der Waals surface area contributed by atoms with Gasteiger partial charge in [0.2, 0.25) is 0 Å². The van der Waals surface area contributed by atoms with E-state index in [4.69, 9.17) is 9.47 Å². The van der Waals surface area contributed by atoms with E-state index in [2.05, 4.69) is 13.8 Å². The van der Waals surface area contributed by atoms with Crippen molar-refractivity contribution in [2.24, 2.45) is 5.92 Å². The Morgan fingerprint density at radius 1 is 1.50 bits per heavy atom. The van der Waals surface area contributed by atoms with Gasteiger partial charge in [-0.1, -0.05) is 39.5 Å². The van der Waals surface area contributed by atoms with E-state index in [0.29, 0.717) is 12.3 Å². The molecular formula is C12H22O4. The smallest absolute Gasteiger partial charge is 0.430 e. The number of hydrogen-bond acceptors (Lipinski definition) is 4. The van der Waals surface area contributed by atoms with E-state index in [0.717, 1.165) is 12.8 Å². The van der Waals surface area contributed by atoms with Crippen molar-refractivity contribution < 1.29 is 19.4 Å². The fraction of sp³-hybridized carbons (Fsp3) is 0.917. The minimum atomic E-state index is -0.786. The summed E-state index contributed by atoms with van der Waals surface area (Å²) in [5.41, 5.74) is -0.786. The summed E-state index contributed by atoms with van der Waals surface area (Å²) in [6.07, 6.45) is 4.55. The maximum Gasteiger partial charge on any atom is 0.509 e. The number of aliphatic hydroxyl groups is 1. The molecule has 0 spiro atoms. The van der Waals surface area contributed by atoms with Crippen molar-refractivity contribution >= 4 is 6.16 Å². The number of cyclic esters (lactones) is 2. The van der Waals surface area contributed by atoms with E-state index in [1.165, 1.54) is 12.8 Å². The molecule has 1 N–H and O–H groups in total. The third-order valence-electron chi connectivity index (χ3n) is 3.25. The molecule has 1 fully saturated rings. The summed E-state index contributed by atoms with van der Waals surface area (Å²) in [5, 5.41) is 9.35. The van der Waals surface area contributed by atoms with Crippen molar-refractivity contribution in [2.75, 3.05) is 13.2 Å². The highest BCUT2D eigenvalue weighted by atomic mass is 16.8. The summed E-state index contributed by atoms with van der Waals surface area (Å²) in [5.74, 6) is 0.488. The molecule has 1 aliphatic rings. The molecule has 4 nitrogen and oxygen atoms in total. The van der Waals surface area contributed by atoms with Gasteiger partial charge < -0.3 is 14.6 Å². The van der Waals surface area contributed by atoms with Crippen LogP contribution in [0.1, 0.15) is 46.0 Å². The maximum atomic E-state index is 10.9. The number of rotatable bonds is 7. The second-order valence-electron chi connectivity index (χ2n) is 4.60. The molecule has 0 saturated carbocycles. The summed E-state index contributed by atoms with van der Waals surface area (Å²) in [6.45, 7) is 4.32. The van der Waals surface area contributed by atoms with E-state index in [9.17, 15) is 9.90 Å². The van der Waals surface area contributed by atoms with Crippen LogP contribution in [-0.4, -0.2) is 30.1 Å². The fourth-order valence-electron chi connectivity index (χ4n) is 2.14. The van der Waals surface area contributed by atoms with Crippen LogP contribution in [0.5, 0.6) is 0 Å². The zero-order valence-corrected chi connectivity index (χ0v) is 10.2. The molecule has 0 aromatic rings. The summed E-state index contributed by atoms with van der Waals surface area (Å²) in [6, 6.07) is 0. The quantitative estimate of drug-likeness (QED) is 0.683. The zero-order chi connectivity index (χ0) is 12.0. The molecule has 1 aliphatic heterocycles. The van der Waals surface area contributed by atoms with Crippen LogP contribution in [0, 0.1) is 5.92 Å². The molecule has 1 rings (SSSR count). The van der Waals surface area contributed by atoms with Gasteiger partial charge in [-0.3, -0.25) is 0 Å². The van der Waals surface area contributed by atoms with Gasteiger partial charge in [0.1, 0.15) is 6.61 Å². The maximum absolute atomic E-state index is 10.9. The van der Waals surface area contributed by atoms with Gasteiger partial charge >= 0.3 is 6.16 Å². The third kappa shape index (κ3) is 3.37. The Labute approximate surface area is 96.9 Å². The lowest BCUT2D eigenvalue weighted by Gasteiger charge is -2.27. The molecule has 2 atom stereocenters. The lowest BCUT2D eigenvalue weighted by atomic mass is 9.86. The number of carbonyl (C=O) groups excluding carboxylic acids is 1. The van der Waals surface area contributed by atoms with Crippen LogP contribution in [-0.2, 0) is 9.47 Å². The molecule has 1 heterocycles. The monoisotopic (exact) mass is 230 g/mol. The largest absolute Gasteiger partial charge is 0.509 e. The van der Waals surface area contributed by atoms with E-state index < -0.39 is 11.8 Å². The molecule has 0 amide bonds. The molecule has 2 unspecified atom stereocenters. The van der Waals surface area contributed by atoms with Crippen LogP contribution in [0.25, 0.3) is 0 Å². The van der Waals surface area contributed by atoms with Gasteiger partial charge in [0.05, 0.1) is 6.61 Å². The SMILES string of the molecule is CCCCC(CC)CC1(CO)COC(=O)O1. The number of carbonyl (C=O) groups is 1. The second kappa shape index (κ2) is 6.09. The first kappa shape index (κ1) is 13.3. The third-order valence-corrected chi connectivity index (χ3v) is 3.25. The minimum absolute atomic E-state index is 0.151. The fourth-order valence-corrected chi connectivity index (χ4v) is 2.14. The standard InChI is InChI=1S/C12H22O4/c1-3-5-6-10(4-2)7-12(8-13)9-15-11(14)16-12/h10,13H,3-9H2,1-2H3. The zero-order valence-electron chi connectivity index (χ0n) is 10.2. The van der Waals surface area contributed by atoms with E-state index in [1.807, 2.05) is 0 Å². The Hall–Kier alpha value is -0.770. The average Bonchev–Trinajstić information content (AvgIpc) is 2.67. The summed E-state index contributed by atoms with van der Waals surface area (Å²) < 4.78 is 9.89. The molecule has 0 aromatic carbocycles. The molecular weight excluding hydrogens is 208 g/mol. The van der Waals surface area contributed by atoms with Crippen molar-refractivity contribution in [3.63, 3.8) is 0 Å². The first-order valence-corrected chi connectivity index (χ1v) is 6.12. The van der Waals surface area contributed by atoms with Crippen molar-refractivity contribution in [3.8, 4) is 0 Å². The predicted octanol–water partition coefficient (Wildman–Crippen LogP) is 2.49. The molecule has 0 aromatic heterocycles. The lowest BCUT2D eigenvalue weighted by molar-refractivity contribution is -0.0125. The Morgan fingerprint density at radius 3 is 2.69 bits per heavy atom. The summed E-state index contributed by atoms with van der Waals surface area (Å²) in [4.78, 5) is 10.9. The molecule has 1 saturated heterocycles. The van der Waals surface area contributed by atoms with Crippen LogP contribution >= 0.6 is 0 Å². The van der Waals surface area contributed by atoms with E-state index in [1.54, 1.807) is 0 Å². The number of aliphatic hydroxyl groups excluding tert-OH is 1. The first-order valence-electron chi connectivity index (χ1n) is 6.12. The first-order chi connectivity index (χ1) is 7.65. The van der Waals surface area contributed by atoms with Gasteiger partial charge in [-0.2, -0.15) is 0 Å². The summed E-state index contributed by atoms with van der Waals surface area (Å²) in [7, 11) is 0. The van der Waals surface area contributed by atoms with Gasteiger partial charge in [0, 0.05) is 0 Å². The molecule has 94 valence electrons. The van der Waals surface area contributed by atoms with Crippen LogP contribution in [0.4, 0.5) is 4.79 Å². The van der Waals surface area contributed by atoms with E-state index in [-0.39, 0.29) is 13.2 Å². The molecule has 16 heavy (non-hydrogen) atoms. The predicted molar refractivity (Wildman–Crippen MR) is 60.2 cm³/mol. The summed E-state index contributed by atoms with van der Waals surface area (Å²) >= 11 is 0. The van der Waals surface area contributed by atoms with Crippen LogP contribution in [0.2, 0.25) is 0 Å². The van der Waals surface area contributed by atoms with Crippen LogP contribution in [0.15, 0.2) is 0 Å². The van der Waals surface area contributed by atoms with Gasteiger partial charge in [-0.05, 0) is 12.3 Å². The number of hydrogen-bond donors (Lipinski definition) is 1. The second-order valence-corrected chi connectivity index (χ2v) is 4.60. The molecule has 4 heteroatoms. The lowest BCUT2D eigenvalue weighted by Crippen LogP contribution is -2.38. The Bertz CT molecular complexity index is 229. The van der Waals surface area contributed by atoms with Gasteiger partial charge in [-0.15, -0.1) is 0 Å². The normalized spacial score (nSPS) is 26.3. The minimum Gasteiger partial charge on any atom is -0.430 e. The Kier molecular flexibility index (Phi) is 5.06. The highest BCUT2D eigenvalue weighted by Crippen LogP contribution is 2.31. The van der Waals surface area contributed by atoms with Crippen molar-refractivity contribution in [3.05, 3.63) is 0 Å². The molecule has 0 radical (unpaired) electrons. The average molecular weight is 230 g/mol. The van der Waals surface area contributed by atoms with Gasteiger partial charge in [-0.25, -0.2) is 4.79 Å². The Balaban J connectivity index is 2.50. The van der Waals surface area contributed by atoms with Gasteiger partial charge in [0.15, 0.2) is 5.60 Å². The van der Waals surface area contributed by atoms with Crippen molar-refractivity contribution in [2.45, 2.75) is 51.6 Å². The van der Waals surface area contributed by atoms with Crippen LogP contribution < -0.4 is 0 Å². The topological polar surface area (TPSA) is 55.8 Å². The molecule has 0 bridgehead atoms. The van der Waals surface area contributed by atoms with Gasteiger partial charge in [0.25, 0.3) is 0 Å². The number of unbranched alkanes of at least 4 members (excludes halogenated alkanes) is 1. The Morgan fingerprint density at radius 2 is 2.25 bits per heavy atom. The highest BCUT2D eigenvalue weighted by molar-refractivity contribution is 5.62. The van der Waals surface area contributed by atoms with Crippen molar-refractivity contribution in [1.82, 2.24) is 0 Å². The highest BCUT2D eigenvalue weighted by Gasteiger charge is 2.43.